The second kappa shape index (κ2) is 15.6. The van der Waals surface area contributed by atoms with Crippen LogP contribution in [0.2, 0.25) is 0 Å². The molecule has 1 N–H and O–H groups in total. The zero-order valence-electron chi connectivity index (χ0n) is 33.0. The van der Waals surface area contributed by atoms with Crippen molar-refractivity contribution in [1.29, 1.82) is 0 Å². The van der Waals surface area contributed by atoms with Gasteiger partial charge in [-0.3, -0.25) is 14.4 Å². The van der Waals surface area contributed by atoms with Gasteiger partial charge in [-0.2, -0.15) is 5.10 Å². The van der Waals surface area contributed by atoms with Gasteiger partial charge in [0.15, 0.2) is 0 Å². The zero-order chi connectivity index (χ0) is 39.2. The highest BCUT2D eigenvalue weighted by Crippen LogP contribution is 2.67. The molecule has 11 heteroatoms. The van der Waals surface area contributed by atoms with Crippen LogP contribution >= 0.6 is 0 Å². The summed E-state index contributed by atoms with van der Waals surface area (Å²) in [6.45, 7) is 6.98. The molecule has 4 saturated carbocycles. The summed E-state index contributed by atoms with van der Waals surface area (Å²) in [4.78, 5) is 42.2. The number of piperazine rings is 1. The highest BCUT2D eigenvalue weighted by atomic mass is 19.3. The van der Waals surface area contributed by atoms with Gasteiger partial charge in [0, 0.05) is 63.9 Å². The number of aromatic amines is 1. The van der Waals surface area contributed by atoms with Crippen LogP contribution in [0, 0.1) is 40.3 Å². The van der Waals surface area contributed by atoms with E-state index in [1.54, 1.807) is 29.2 Å². The predicted octanol–water partition coefficient (Wildman–Crippen LogP) is 8.56. The molecular formula is C45H57F3N4O4. The number of benzene rings is 2. The van der Waals surface area contributed by atoms with Crippen LogP contribution in [0.3, 0.4) is 0 Å². The fourth-order valence-corrected chi connectivity index (χ4v) is 12.0. The first-order chi connectivity index (χ1) is 26.9. The first-order valence-electron chi connectivity index (χ1n) is 21.2. The number of amides is 2. The Morgan fingerprint density at radius 3 is 2.41 bits per heavy atom. The minimum Gasteiger partial charge on any atom is -0.378 e. The van der Waals surface area contributed by atoms with Crippen molar-refractivity contribution in [2.45, 2.75) is 116 Å². The van der Waals surface area contributed by atoms with E-state index in [0.29, 0.717) is 91.8 Å². The van der Waals surface area contributed by atoms with Crippen molar-refractivity contribution in [1.82, 2.24) is 20.0 Å². The van der Waals surface area contributed by atoms with Gasteiger partial charge >= 0.3 is 0 Å². The Morgan fingerprint density at radius 1 is 0.857 bits per heavy atom. The lowest BCUT2D eigenvalue weighted by Crippen LogP contribution is -2.55. The smallest absolute Gasteiger partial charge is 0.272 e. The molecule has 2 heterocycles. The predicted molar refractivity (Wildman–Crippen MR) is 209 cm³/mol. The summed E-state index contributed by atoms with van der Waals surface area (Å²) in [7, 11) is 0. The van der Waals surface area contributed by atoms with Crippen molar-refractivity contribution in [3.63, 3.8) is 0 Å². The molecule has 4 aliphatic carbocycles. The van der Waals surface area contributed by atoms with Crippen LogP contribution in [-0.2, 0) is 16.0 Å². The molecule has 2 amide bonds. The van der Waals surface area contributed by atoms with E-state index in [0.717, 1.165) is 51.4 Å². The van der Waals surface area contributed by atoms with E-state index < -0.39 is 17.6 Å². The molecular weight excluding hydrogens is 718 g/mol. The van der Waals surface area contributed by atoms with Crippen LogP contribution in [0.15, 0.2) is 47.3 Å². The van der Waals surface area contributed by atoms with Crippen LogP contribution in [-0.4, -0.2) is 76.6 Å². The van der Waals surface area contributed by atoms with Gasteiger partial charge in [0.1, 0.15) is 5.82 Å². The van der Waals surface area contributed by atoms with Crippen LogP contribution in [0.1, 0.15) is 119 Å². The minimum absolute atomic E-state index is 0.0105. The van der Waals surface area contributed by atoms with E-state index in [2.05, 4.69) is 24.0 Å². The number of alkyl halides is 2. The Balaban J connectivity index is 0.759. The molecule has 8 nitrogen and oxygen atoms in total. The lowest BCUT2D eigenvalue weighted by atomic mass is 9.45. The fraction of sp³-hybridized carbons (Fsp3) is 0.644. The lowest BCUT2D eigenvalue weighted by molar-refractivity contribution is -0.169. The molecule has 0 spiro atoms. The van der Waals surface area contributed by atoms with Crippen molar-refractivity contribution in [2.24, 2.45) is 34.5 Å². The second-order valence-electron chi connectivity index (χ2n) is 18.2. The second-order valence-corrected chi connectivity index (χ2v) is 18.2. The number of hydrogen-bond donors (Lipinski definition) is 1. The monoisotopic (exact) mass is 774 g/mol. The Labute approximate surface area is 327 Å². The number of aromatic nitrogens is 2. The van der Waals surface area contributed by atoms with Gasteiger partial charge in [-0.25, -0.2) is 18.3 Å². The molecule has 0 radical (unpaired) electrons. The van der Waals surface area contributed by atoms with Gasteiger partial charge < -0.3 is 14.5 Å². The normalized spacial score (nSPS) is 31.1. The standard InChI is InChI=1S/C45H57F3N4O4/c1-43-19-20-45(47,48)28-30(43)12-13-33-35-14-16-39(44(35,2)18-17-36(33)43)56-25-7-3-4-10-40(53)51-21-23-52(24-22-51)42(55)34-26-29(11-15-37(34)46)27-38-31-8-5-6-9-32(31)41(54)50-49-38/h5-6,8-9,11,15,26,30,33,35-36,39H,3-4,7,10,12-14,16-25,27-28H2,1-2H3,(H,50,54)/t30-,33?,35-,36-,39?,43?,44?/m0/s1. The number of halogens is 3. The van der Waals surface area contributed by atoms with E-state index in [1.165, 1.54) is 12.5 Å². The summed E-state index contributed by atoms with van der Waals surface area (Å²) >= 11 is 0. The number of carbonyl (C=O) groups excluding carboxylic acids is 2. The van der Waals surface area contributed by atoms with Crippen molar-refractivity contribution in [3.05, 3.63) is 75.5 Å². The summed E-state index contributed by atoms with van der Waals surface area (Å²) in [6, 6.07) is 11.7. The Bertz CT molecular complexity index is 2000. The van der Waals surface area contributed by atoms with E-state index >= 15 is 0 Å². The van der Waals surface area contributed by atoms with Crippen molar-refractivity contribution >= 4 is 22.6 Å². The number of nitrogens with one attached hydrogen (secondary N) is 1. The first-order valence-corrected chi connectivity index (χ1v) is 21.2. The third kappa shape index (κ3) is 7.42. The quantitative estimate of drug-likeness (QED) is 0.209. The van der Waals surface area contributed by atoms with Crippen LogP contribution in [0.25, 0.3) is 10.8 Å². The number of ether oxygens (including phenoxy) is 1. The maximum Gasteiger partial charge on any atom is 0.272 e. The van der Waals surface area contributed by atoms with Crippen molar-refractivity contribution in [2.75, 3.05) is 32.8 Å². The Kier molecular flexibility index (Phi) is 10.9. The summed E-state index contributed by atoms with van der Waals surface area (Å²) in [6.07, 6.45) is 11.0. The van der Waals surface area contributed by atoms with E-state index in [4.69, 9.17) is 4.74 Å². The third-order valence-corrected chi connectivity index (χ3v) is 15.2. The van der Waals surface area contributed by atoms with Crippen LogP contribution < -0.4 is 5.56 Å². The van der Waals surface area contributed by atoms with E-state index in [-0.39, 0.29) is 52.7 Å². The Morgan fingerprint density at radius 2 is 1.61 bits per heavy atom. The maximum atomic E-state index is 15.0. The van der Waals surface area contributed by atoms with Crippen molar-refractivity contribution < 1.29 is 27.5 Å². The van der Waals surface area contributed by atoms with Gasteiger partial charge in [-0.05, 0) is 116 Å². The molecule has 1 saturated heterocycles. The largest absolute Gasteiger partial charge is 0.378 e. The molecule has 1 aliphatic heterocycles. The van der Waals surface area contributed by atoms with Gasteiger partial charge in [0.05, 0.1) is 22.7 Å². The topological polar surface area (TPSA) is 95.6 Å². The SMILES string of the molecule is CC12CC[C@H]3C(CC[C@H]4CC(F)(F)CCC43C)[C@@H]1CCC2OCCCCCC(=O)N1CCN(C(=O)c2cc(Cc3n[nH]c(=O)c4ccccc34)ccc2F)CC1. The number of nitrogens with zero attached hydrogens (tertiary/aromatic N) is 3. The molecule has 302 valence electrons. The molecule has 4 unspecified atom stereocenters. The molecule has 8 rings (SSSR count). The number of hydrogen-bond acceptors (Lipinski definition) is 5. The number of rotatable bonds is 10. The fourth-order valence-electron chi connectivity index (χ4n) is 12.0. The molecule has 0 bridgehead atoms. The van der Waals surface area contributed by atoms with Gasteiger partial charge in [0.25, 0.3) is 11.5 Å². The summed E-state index contributed by atoms with van der Waals surface area (Å²) < 4.78 is 50.3. The third-order valence-electron chi connectivity index (χ3n) is 15.2. The molecule has 7 atom stereocenters. The lowest BCUT2D eigenvalue weighted by Gasteiger charge is -2.61. The van der Waals surface area contributed by atoms with Crippen LogP contribution in [0.5, 0.6) is 0 Å². The van der Waals surface area contributed by atoms with E-state index in [9.17, 15) is 27.6 Å². The number of H-pyrrole nitrogens is 1. The number of fused-ring (bicyclic) bond motifs is 6. The molecule has 5 aliphatic rings. The van der Waals surface area contributed by atoms with Gasteiger partial charge in [-0.1, -0.05) is 44.5 Å². The highest BCUT2D eigenvalue weighted by molar-refractivity contribution is 5.95. The molecule has 1 aromatic heterocycles. The average Bonchev–Trinajstić information content (AvgIpc) is 3.53. The summed E-state index contributed by atoms with van der Waals surface area (Å²) in [5, 5.41) is 7.98. The molecule has 5 fully saturated rings. The summed E-state index contributed by atoms with van der Waals surface area (Å²) in [5.41, 5.74) is 1.27. The first kappa shape index (κ1) is 39.1. The molecule has 56 heavy (non-hydrogen) atoms. The number of carbonyl (C=O) groups is 2. The van der Waals surface area contributed by atoms with Crippen molar-refractivity contribution in [3.8, 4) is 0 Å². The van der Waals surface area contributed by atoms with Gasteiger partial charge in [0.2, 0.25) is 11.8 Å². The Hall–Kier alpha value is -3.73. The minimum atomic E-state index is -2.49. The highest BCUT2D eigenvalue weighted by Gasteiger charge is 2.62. The van der Waals surface area contributed by atoms with E-state index in [1.807, 2.05) is 17.0 Å². The summed E-state index contributed by atoms with van der Waals surface area (Å²) in [5.74, 6) is -1.42. The number of unbranched alkanes of at least 4 members (excludes halogenated alkanes) is 2. The zero-order valence-corrected chi connectivity index (χ0v) is 33.0. The maximum absolute atomic E-state index is 15.0. The average molecular weight is 775 g/mol. The van der Waals surface area contributed by atoms with Crippen LogP contribution in [0.4, 0.5) is 13.2 Å². The van der Waals surface area contributed by atoms with Gasteiger partial charge in [-0.15, -0.1) is 0 Å². The molecule has 3 aromatic rings. The molecule has 2 aromatic carbocycles.